The minimum atomic E-state index is -4.69. The first kappa shape index (κ1) is 13.4. The monoisotopic (exact) mass is 289 g/mol. The van der Waals surface area contributed by atoms with Gasteiger partial charge in [-0.3, -0.25) is 4.98 Å². The van der Waals surface area contributed by atoms with E-state index < -0.39 is 6.36 Å². The van der Waals surface area contributed by atoms with Crippen LogP contribution in [0, 0.1) is 0 Å². The highest BCUT2D eigenvalue weighted by Crippen LogP contribution is 2.29. The second-order valence-electron chi connectivity index (χ2n) is 4.49. The number of ether oxygens (including phenoxy) is 1. The highest BCUT2D eigenvalue weighted by atomic mass is 19.4. The smallest absolute Gasteiger partial charge is 0.406 e. The van der Waals surface area contributed by atoms with Crippen LogP contribution in [0.15, 0.2) is 60.8 Å². The molecule has 3 rings (SSSR count). The van der Waals surface area contributed by atoms with Crippen LogP contribution >= 0.6 is 0 Å². The van der Waals surface area contributed by atoms with Crippen molar-refractivity contribution in [2.45, 2.75) is 6.36 Å². The second kappa shape index (κ2) is 5.09. The van der Waals surface area contributed by atoms with Crippen molar-refractivity contribution in [2.75, 3.05) is 0 Å². The molecule has 0 amide bonds. The van der Waals surface area contributed by atoms with Crippen molar-refractivity contribution in [3.8, 4) is 16.9 Å². The predicted octanol–water partition coefficient (Wildman–Crippen LogP) is 4.80. The average Bonchev–Trinajstić information content (AvgIpc) is 2.45. The molecule has 3 aromatic rings. The topological polar surface area (TPSA) is 22.1 Å². The van der Waals surface area contributed by atoms with Crippen molar-refractivity contribution in [1.82, 2.24) is 4.98 Å². The molecule has 0 aliphatic rings. The maximum atomic E-state index is 12.3. The van der Waals surface area contributed by atoms with E-state index in [0.717, 1.165) is 16.5 Å². The van der Waals surface area contributed by atoms with E-state index in [1.807, 2.05) is 30.3 Å². The lowest BCUT2D eigenvalue weighted by Crippen LogP contribution is -2.17. The number of alkyl halides is 3. The van der Waals surface area contributed by atoms with Crippen molar-refractivity contribution >= 4 is 10.9 Å². The maximum absolute atomic E-state index is 12.3. The quantitative estimate of drug-likeness (QED) is 0.676. The van der Waals surface area contributed by atoms with Crippen LogP contribution in [0.1, 0.15) is 0 Å². The molecule has 2 nitrogen and oxygen atoms in total. The third-order valence-electron chi connectivity index (χ3n) is 3.00. The Balaban J connectivity index is 2.00. The molecule has 5 heteroatoms. The van der Waals surface area contributed by atoms with Gasteiger partial charge in [0, 0.05) is 11.6 Å². The molecule has 21 heavy (non-hydrogen) atoms. The number of aromatic nitrogens is 1. The van der Waals surface area contributed by atoms with E-state index in [-0.39, 0.29) is 5.75 Å². The third-order valence-corrected chi connectivity index (χ3v) is 3.00. The molecule has 0 fully saturated rings. The number of hydrogen-bond donors (Lipinski definition) is 0. The number of halogens is 3. The van der Waals surface area contributed by atoms with Gasteiger partial charge < -0.3 is 4.74 Å². The predicted molar refractivity (Wildman–Crippen MR) is 73.9 cm³/mol. The van der Waals surface area contributed by atoms with Crippen LogP contribution in [0.3, 0.4) is 0 Å². The number of rotatable bonds is 2. The Kier molecular flexibility index (Phi) is 3.25. The molecular formula is C16H10F3NO. The van der Waals surface area contributed by atoms with E-state index in [2.05, 4.69) is 9.72 Å². The van der Waals surface area contributed by atoms with E-state index in [1.54, 1.807) is 12.3 Å². The SMILES string of the molecule is FC(F)(F)Oc1cccc(-c2ccc3ncccc3c2)c1. The highest BCUT2D eigenvalue weighted by molar-refractivity contribution is 5.84. The summed E-state index contributed by atoms with van der Waals surface area (Å²) in [7, 11) is 0. The number of nitrogens with zero attached hydrogens (tertiary/aromatic N) is 1. The fourth-order valence-electron chi connectivity index (χ4n) is 2.13. The molecule has 0 radical (unpaired) electrons. The van der Waals surface area contributed by atoms with Gasteiger partial charge in [-0.1, -0.05) is 24.3 Å². The minimum absolute atomic E-state index is 0.230. The van der Waals surface area contributed by atoms with Crippen LogP contribution in [0.2, 0.25) is 0 Å². The molecule has 0 atom stereocenters. The van der Waals surface area contributed by atoms with E-state index >= 15 is 0 Å². The molecule has 2 aromatic carbocycles. The second-order valence-corrected chi connectivity index (χ2v) is 4.49. The van der Waals surface area contributed by atoms with Crippen LogP contribution in [0.5, 0.6) is 5.75 Å². The molecule has 0 bridgehead atoms. The van der Waals surface area contributed by atoms with Crippen LogP contribution < -0.4 is 4.74 Å². The number of benzene rings is 2. The minimum Gasteiger partial charge on any atom is -0.406 e. The summed E-state index contributed by atoms with van der Waals surface area (Å²) in [5.41, 5.74) is 2.30. The highest BCUT2D eigenvalue weighted by Gasteiger charge is 2.31. The fraction of sp³-hybridized carbons (Fsp3) is 0.0625. The Morgan fingerprint density at radius 3 is 2.48 bits per heavy atom. The molecular weight excluding hydrogens is 279 g/mol. The summed E-state index contributed by atoms with van der Waals surface area (Å²) < 4.78 is 40.7. The van der Waals surface area contributed by atoms with Gasteiger partial charge in [0.1, 0.15) is 5.75 Å². The molecule has 0 spiro atoms. The zero-order valence-corrected chi connectivity index (χ0v) is 10.8. The lowest BCUT2D eigenvalue weighted by atomic mass is 10.0. The molecule has 0 N–H and O–H groups in total. The normalized spacial score (nSPS) is 11.6. The van der Waals surface area contributed by atoms with Crippen molar-refractivity contribution in [2.24, 2.45) is 0 Å². The Bertz CT molecular complexity index is 784. The third kappa shape index (κ3) is 3.13. The van der Waals surface area contributed by atoms with Crippen LogP contribution in [0.4, 0.5) is 13.2 Å². The molecule has 1 heterocycles. The van der Waals surface area contributed by atoms with Gasteiger partial charge in [-0.15, -0.1) is 13.2 Å². The van der Waals surface area contributed by atoms with Gasteiger partial charge in [0.2, 0.25) is 0 Å². The standard InChI is InChI=1S/C16H10F3NO/c17-16(18,19)21-14-5-1-3-11(10-14)12-6-7-15-13(9-12)4-2-8-20-15/h1-10H. The fourth-order valence-corrected chi connectivity index (χ4v) is 2.13. The lowest BCUT2D eigenvalue weighted by Gasteiger charge is -2.10. The van der Waals surface area contributed by atoms with Gasteiger partial charge in [-0.05, 0) is 41.5 Å². The van der Waals surface area contributed by atoms with Gasteiger partial charge in [0.05, 0.1) is 5.52 Å². The average molecular weight is 289 g/mol. The first-order valence-corrected chi connectivity index (χ1v) is 6.22. The van der Waals surface area contributed by atoms with Gasteiger partial charge in [0.15, 0.2) is 0 Å². The summed E-state index contributed by atoms with van der Waals surface area (Å²) in [5, 5.41) is 0.928. The number of fused-ring (bicyclic) bond motifs is 1. The van der Waals surface area contributed by atoms with Crippen LogP contribution in [-0.4, -0.2) is 11.3 Å². The Morgan fingerprint density at radius 2 is 1.67 bits per heavy atom. The molecule has 1 aromatic heterocycles. The summed E-state index contributed by atoms with van der Waals surface area (Å²) in [6, 6.07) is 15.2. The molecule has 0 saturated carbocycles. The number of pyridine rings is 1. The van der Waals surface area contributed by atoms with Crippen LogP contribution in [-0.2, 0) is 0 Å². The van der Waals surface area contributed by atoms with Crippen LogP contribution in [0.25, 0.3) is 22.0 Å². The van der Waals surface area contributed by atoms with Gasteiger partial charge in [-0.2, -0.15) is 0 Å². The zero-order valence-electron chi connectivity index (χ0n) is 10.8. The Hall–Kier alpha value is -2.56. The van der Waals surface area contributed by atoms with Crippen molar-refractivity contribution in [3.63, 3.8) is 0 Å². The molecule has 0 unspecified atom stereocenters. The first-order chi connectivity index (χ1) is 10.0. The molecule has 0 aliphatic heterocycles. The van der Waals surface area contributed by atoms with Gasteiger partial charge in [-0.25, -0.2) is 0 Å². The van der Waals surface area contributed by atoms with Crippen molar-refractivity contribution in [1.29, 1.82) is 0 Å². The Morgan fingerprint density at radius 1 is 0.857 bits per heavy atom. The van der Waals surface area contributed by atoms with E-state index in [0.29, 0.717) is 5.56 Å². The van der Waals surface area contributed by atoms with Crippen molar-refractivity contribution in [3.05, 3.63) is 60.8 Å². The lowest BCUT2D eigenvalue weighted by molar-refractivity contribution is -0.274. The summed E-state index contributed by atoms with van der Waals surface area (Å²) in [6.45, 7) is 0. The summed E-state index contributed by atoms with van der Waals surface area (Å²) in [4.78, 5) is 4.21. The van der Waals surface area contributed by atoms with E-state index in [1.165, 1.54) is 18.2 Å². The van der Waals surface area contributed by atoms with E-state index in [9.17, 15) is 13.2 Å². The molecule has 106 valence electrons. The van der Waals surface area contributed by atoms with Gasteiger partial charge >= 0.3 is 6.36 Å². The van der Waals surface area contributed by atoms with Gasteiger partial charge in [0.25, 0.3) is 0 Å². The molecule has 0 aliphatic carbocycles. The number of hydrogen-bond acceptors (Lipinski definition) is 2. The largest absolute Gasteiger partial charge is 0.573 e. The van der Waals surface area contributed by atoms with E-state index in [4.69, 9.17) is 0 Å². The molecule has 0 saturated heterocycles. The zero-order chi connectivity index (χ0) is 14.9. The summed E-state index contributed by atoms with van der Waals surface area (Å²) >= 11 is 0. The van der Waals surface area contributed by atoms with Crippen molar-refractivity contribution < 1.29 is 17.9 Å². The first-order valence-electron chi connectivity index (χ1n) is 6.22. The Labute approximate surface area is 118 Å². The summed E-state index contributed by atoms with van der Waals surface area (Å²) in [5.74, 6) is -0.230. The maximum Gasteiger partial charge on any atom is 0.573 e. The summed E-state index contributed by atoms with van der Waals surface area (Å²) in [6.07, 6.45) is -2.99.